The van der Waals surface area contributed by atoms with Crippen LogP contribution in [0, 0.1) is 0 Å². The molecule has 1 aromatic carbocycles. The van der Waals surface area contributed by atoms with Crippen LogP contribution < -0.4 is 0 Å². The van der Waals surface area contributed by atoms with Crippen LogP contribution in [0.3, 0.4) is 0 Å². The zero-order valence-electron chi connectivity index (χ0n) is 12.9. The van der Waals surface area contributed by atoms with E-state index in [9.17, 15) is 14.7 Å². The van der Waals surface area contributed by atoms with Crippen LogP contribution in [0.2, 0.25) is 0 Å². The van der Waals surface area contributed by atoms with Gasteiger partial charge in [-0.05, 0) is 49.4 Å². The van der Waals surface area contributed by atoms with Gasteiger partial charge in [-0.15, -0.1) is 0 Å². The Kier molecular flexibility index (Phi) is 3.64. The standard InChI is InChI=1S/C17H20N2O3/c1-18(2)16(20)10-19-14-6-4-3-5-12(14)13-9-11(17(21)22)7-8-15(13)19/h7-9H,3-6,10H2,1-2H3,(H,21,22). The number of carboxylic acids is 1. The van der Waals surface area contributed by atoms with Gasteiger partial charge < -0.3 is 14.6 Å². The zero-order valence-corrected chi connectivity index (χ0v) is 12.9. The summed E-state index contributed by atoms with van der Waals surface area (Å²) >= 11 is 0. The second-order valence-electron chi connectivity index (χ2n) is 6.04. The van der Waals surface area contributed by atoms with Gasteiger partial charge in [0.25, 0.3) is 0 Å². The van der Waals surface area contributed by atoms with E-state index >= 15 is 0 Å². The Labute approximate surface area is 129 Å². The Hall–Kier alpha value is -2.30. The molecule has 2 aromatic rings. The van der Waals surface area contributed by atoms with E-state index < -0.39 is 5.97 Å². The van der Waals surface area contributed by atoms with E-state index in [2.05, 4.69) is 4.57 Å². The molecule has 116 valence electrons. The fourth-order valence-corrected chi connectivity index (χ4v) is 3.23. The van der Waals surface area contributed by atoms with Crippen molar-refractivity contribution in [2.75, 3.05) is 14.1 Å². The highest BCUT2D eigenvalue weighted by Gasteiger charge is 2.22. The molecule has 1 aliphatic rings. The van der Waals surface area contributed by atoms with Gasteiger partial charge in [0.2, 0.25) is 5.91 Å². The fraction of sp³-hybridized carbons (Fsp3) is 0.412. The number of carbonyl (C=O) groups is 2. The largest absolute Gasteiger partial charge is 0.478 e. The molecular weight excluding hydrogens is 280 g/mol. The maximum Gasteiger partial charge on any atom is 0.335 e. The molecule has 1 aromatic heterocycles. The topological polar surface area (TPSA) is 62.5 Å². The molecule has 0 spiro atoms. The van der Waals surface area contributed by atoms with Crippen LogP contribution in [0.25, 0.3) is 10.9 Å². The van der Waals surface area contributed by atoms with Crippen LogP contribution in [0.1, 0.15) is 34.5 Å². The lowest BCUT2D eigenvalue weighted by Crippen LogP contribution is -2.27. The van der Waals surface area contributed by atoms with Gasteiger partial charge in [-0.1, -0.05) is 0 Å². The Morgan fingerprint density at radius 3 is 2.64 bits per heavy atom. The highest BCUT2D eigenvalue weighted by molar-refractivity contribution is 5.96. The van der Waals surface area contributed by atoms with Crippen molar-refractivity contribution in [3.05, 3.63) is 35.0 Å². The molecule has 5 heteroatoms. The lowest BCUT2D eigenvalue weighted by molar-refractivity contribution is -0.129. The molecule has 22 heavy (non-hydrogen) atoms. The molecular formula is C17H20N2O3. The van der Waals surface area contributed by atoms with Crippen LogP contribution >= 0.6 is 0 Å². The van der Waals surface area contributed by atoms with Crippen LogP contribution in [0.4, 0.5) is 0 Å². The van der Waals surface area contributed by atoms with E-state index in [-0.39, 0.29) is 5.91 Å². The Balaban J connectivity index is 2.18. The predicted octanol–water partition coefficient (Wildman–Crippen LogP) is 2.31. The summed E-state index contributed by atoms with van der Waals surface area (Å²) in [6.45, 7) is 0.311. The Bertz CT molecular complexity index is 759. The average Bonchev–Trinajstić information content (AvgIpc) is 2.81. The average molecular weight is 300 g/mol. The van der Waals surface area contributed by atoms with Crippen molar-refractivity contribution in [2.24, 2.45) is 0 Å². The molecule has 1 amide bonds. The zero-order chi connectivity index (χ0) is 15.9. The number of hydrogen-bond acceptors (Lipinski definition) is 2. The second-order valence-corrected chi connectivity index (χ2v) is 6.04. The van der Waals surface area contributed by atoms with E-state index in [0.717, 1.165) is 36.6 Å². The summed E-state index contributed by atoms with van der Waals surface area (Å²) in [6.07, 6.45) is 4.14. The molecule has 0 atom stereocenters. The van der Waals surface area contributed by atoms with E-state index in [1.54, 1.807) is 31.1 Å². The number of fused-ring (bicyclic) bond motifs is 3. The number of carbonyl (C=O) groups excluding carboxylic acids is 1. The highest BCUT2D eigenvalue weighted by atomic mass is 16.4. The van der Waals surface area contributed by atoms with Gasteiger partial charge in [-0.3, -0.25) is 4.79 Å². The molecule has 1 aliphatic carbocycles. The normalized spacial score (nSPS) is 13.9. The maximum absolute atomic E-state index is 12.1. The third-order valence-corrected chi connectivity index (χ3v) is 4.42. The smallest absolute Gasteiger partial charge is 0.335 e. The lowest BCUT2D eigenvalue weighted by Gasteiger charge is -2.17. The summed E-state index contributed by atoms with van der Waals surface area (Å²) in [5.41, 5.74) is 3.68. The SMILES string of the molecule is CN(C)C(=O)Cn1c2c(c3cc(C(=O)O)ccc31)CCCC2. The third kappa shape index (κ3) is 2.36. The predicted molar refractivity (Wildman–Crippen MR) is 84.2 cm³/mol. The molecule has 0 saturated heterocycles. The molecule has 0 fully saturated rings. The molecule has 0 aliphatic heterocycles. The van der Waals surface area contributed by atoms with Crippen molar-refractivity contribution in [3.63, 3.8) is 0 Å². The lowest BCUT2D eigenvalue weighted by atomic mass is 9.95. The molecule has 0 saturated carbocycles. The van der Waals surface area contributed by atoms with Crippen molar-refractivity contribution < 1.29 is 14.7 Å². The van der Waals surface area contributed by atoms with Gasteiger partial charge in [0, 0.05) is 30.7 Å². The van der Waals surface area contributed by atoms with E-state index in [1.165, 1.54) is 11.3 Å². The first-order valence-corrected chi connectivity index (χ1v) is 7.56. The minimum Gasteiger partial charge on any atom is -0.478 e. The summed E-state index contributed by atoms with van der Waals surface area (Å²) < 4.78 is 2.07. The summed E-state index contributed by atoms with van der Waals surface area (Å²) in [6, 6.07) is 5.20. The van der Waals surface area contributed by atoms with Crippen LogP contribution in [-0.2, 0) is 24.2 Å². The van der Waals surface area contributed by atoms with E-state index in [0.29, 0.717) is 12.1 Å². The highest BCUT2D eigenvalue weighted by Crippen LogP contribution is 2.33. The Morgan fingerprint density at radius 1 is 1.23 bits per heavy atom. The second kappa shape index (κ2) is 5.48. The number of nitrogens with zero attached hydrogens (tertiary/aromatic N) is 2. The van der Waals surface area contributed by atoms with Crippen LogP contribution in [0.5, 0.6) is 0 Å². The van der Waals surface area contributed by atoms with Crippen LogP contribution in [-0.4, -0.2) is 40.5 Å². The van der Waals surface area contributed by atoms with Crippen molar-refractivity contribution in [1.29, 1.82) is 0 Å². The number of likely N-dealkylation sites (N-methyl/N-ethyl adjacent to an activating group) is 1. The van der Waals surface area contributed by atoms with Crippen molar-refractivity contribution in [3.8, 4) is 0 Å². The Morgan fingerprint density at radius 2 is 1.95 bits per heavy atom. The minimum absolute atomic E-state index is 0.0487. The number of amides is 1. The molecule has 0 unspecified atom stereocenters. The number of benzene rings is 1. The minimum atomic E-state index is -0.913. The number of aromatic carboxylic acids is 1. The third-order valence-electron chi connectivity index (χ3n) is 4.42. The van der Waals surface area contributed by atoms with Crippen molar-refractivity contribution in [2.45, 2.75) is 32.2 Å². The van der Waals surface area contributed by atoms with Gasteiger partial charge in [-0.2, -0.15) is 0 Å². The van der Waals surface area contributed by atoms with Crippen LogP contribution in [0.15, 0.2) is 18.2 Å². The summed E-state index contributed by atoms with van der Waals surface area (Å²) in [5, 5.41) is 10.2. The van der Waals surface area contributed by atoms with Crippen molar-refractivity contribution >= 4 is 22.8 Å². The summed E-state index contributed by atoms with van der Waals surface area (Å²) in [5.74, 6) is -0.865. The molecule has 0 bridgehead atoms. The van der Waals surface area contributed by atoms with E-state index in [4.69, 9.17) is 0 Å². The molecule has 5 nitrogen and oxygen atoms in total. The maximum atomic E-state index is 12.1. The number of hydrogen-bond donors (Lipinski definition) is 1. The van der Waals surface area contributed by atoms with Gasteiger partial charge in [0.05, 0.1) is 5.56 Å². The fourth-order valence-electron chi connectivity index (χ4n) is 3.23. The quantitative estimate of drug-likeness (QED) is 0.946. The number of carboxylic acid groups (broad SMARTS) is 1. The molecule has 1 heterocycles. The van der Waals surface area contributed by atoms with Gasteiger partial charge >= 0.3 is 5.97 Å². The summed E-state index contributed by atoms with van der Waals surface area (Å²) in [7, 11) is 3.51. The molecule has 1 N–H and O–H groups in total. The monoisotopic (exact) mass is 300 g/mol. The van der Waals surface area contributed by atoms with Gasteiger partial charge in [0.15, 0.2) is 0 Å². The molecule has 3 rings (SSSR count). The first kappa shape index (κ1) is 14.6. The molecule has 0 radical (unpaired) electrons. The van der Waals surface area contributed by atoms with Gasteiger partial charge in [0.1, 0.15) is 6.54 Å². The van der Waals surface area contributed by atoms with E-state index in [1.807, 2.05) is 6.07 Å². The summed E-state index contributed by atoms with van der Waals surface area (Å²) in [4.78, 5) is 24.9. The number of aromatic nitrogens is 1. The number of aryl methyl sites for hydroxylation is 1. The number of rotatable bonds is 3. The van der Waals surface area contributed by atoms with Gasteiger partial charge in [-0.25, -0.2) is 4.79 Å². The first-order valence-electron chi connectivity index (χ1n) is 7.56. The van der Waals surface area contributed by atoms with Crippen molar-refractivity contribution in [1.82, 2.24) is 9.47 Å². The first-order chi connectivity index (χ1) is 10.5.